The van der Waals surface area contributed by atoms with Crippen LogP contribution in [-0.4, -0.2) is 4.98 Å². The van der Waals surface area contributed by atoms with Gasteiger partial charge in [0.05, 0.1) is 11.3 Å². The monoisotopic (exact) mass is 192 g/mol. The Morgan fingerprint density at radius 2 is 2.23 bits per heavy atom. The molecule has 0 spiro atoms. The van der Waals surface area contributed by atoms with Crippen molar-refractivity contribution in [2.45, 2.75) is 13.8 Å². The summed E-state index contributed by atoms with van der Waals surface area (Å²) < 4.78 is 0. The zero-order chi connectivity index (χ0) is 9.84. The van der Waals surface area contributed by atoms with Crippen molar-refractivity contribution in [3.8, 4) is 6.07 Å². The van der Waals surface area contributed by atoms with E-state index in [0.717, 1.165) is 11.3 Å². The van der Waals surface area contributed by atoms with E-state index in [1.165, 1.54) is 0 Å². The molecule has 1 aromatic heterocycles. The molecule has 0 aliphatic rings. The van der Waals surface area contributed by atoms with E-state index in [4.69, 9.17) is 16.9 Å². The first-order chi connectivity index (χ1) is 6.13. The van der Waals surface area contributed by atoms with Crippen LogP contribution in [0, 0.1) is 11.3 Å². The Labute approximate surface area is 82.5 Å². The largest absolute Gasteiger partial charge is 0.235 e. The van der Waals surface area contributed by atoms with Gasteiger partial charge < -0.3 is 0 Å². The number of pyridine rings is 1. The molecule has 0 saturated heterocycles. The van der Waals surface area contributed by atoms with E-state index < -0.39 is 0 Å². The van der Waals surface area contributed by atoms with Crippen LogP contribution in [0.1, 0.15) is 25.1 Å². The molecular formula is C10H9ClN2. The Morgan fingerprint density at radius 3 is 2.69 bits per heavy atom. The zero-order valence-electron chi connectivity index (χ0n) is 7.50. The number of nitrogens with zero attached hydrogens (tertiary/aromatic N) is 2. The first kappa shape index (κ1) is 9.76. The van der Waals surface area contributed by atoms with Crippen molar-refractivity contribution in [3.63, 3.8) is 0 Å². The topological polar surface area (TPSA) is 36.7 Å². The highest BCUT2D eigenvalue weighted by atomic mass is 35.5. The third kappa shape index (κ3) is 2.57. The van der Waals surface area contributed by atoms with Gasteiger partial charge in [-0.2, -0.15) is 5.26 Å². The fourth-order valence-electron chi connectivity index (χ4n) is 0.908. The second-order valence-electron chi connectivity index (χ2n) is 2.91. The van der Waals surface area contributed by atoms with Crippen molar-refractivity contribution in [2.75, 3.05) is 0 Å². The van der Waals surface area contributed by atoms with Gasteiger partial charge in [-0.1, -0.05) is 17.2 Å². The Kier molecular flexibility index (Phi) is 3.05. The Balaban J connectivity index is 3.12. The first-order valence-corrected chi connectivity index (χ1v) is 4.23. The van der Waals surface area contributed by atoms with Crippen molar-refractivity contribution in [1.82, 2.24) is 4.98 Å². The molecule has 0 atom stereocenters. The quantitative estimate of drug-likeness (QED) is 0.642. The van der Waals surface area contributed by atoms with Crippen LogP contribution in [0.4, 0.5) is 0 Å². The van der Waals surface area contributed by atoms with Gasteiger partial charge in [0.25, 0.3) is 0 Å². The summed E-state index contributed by atoms with van der Waals surface area (Å²) in [5.74, 6) is 0. The lowest BCUT2D eigenvalue weighted by Gasteiger charge is -1.96. The van der Waals surface area contributed by atoms with Gasteiger partial charge in [-0.25, -0.2) is 4.98 Å². The Hall–Kier alpha value is -1.33. The number of rotatable bonds is 1. The summed E-state index contributed by atoms with van der Waals surface area (Å²) in [6.45, 7) is 3.96. The number of aromatic nitrogens is 1. The van der Waals surface area contributed by atoms with Crippen LogP contribution in [0.15, 0.2) is 17.7 Å². The summed E-state index contributed by atoms with van der Waals surface area (Å²) in [6, 6.07) is 5.41. The standard InChI is InChI=1S/C10H9ClN2/c1-7(2)5-9-4-3-8(6-12)10(11)13-9/h3-5H,1-2H3. The van der Waals surface area contributed by atoms with E-state index in [-0.39, 0.29) is 5.15 Å². The van der Waals surface area contributed by atoms with Crippen molar-refractivity contribution in [3.05, 3.63) is 34.1 Å². The van der Waals surface area contributed by atoms with E-state index >= 15 is 0 Å². The molecule has 3 heteroatoms. The zero-order valence-corrected chi connectivity index (χ0v) is 8.26. The third-order valence-corrected chi connectivity index (χ3v) is 1.72. The van der Waals surface area contributed by atoms with Crippen LogP contribution < -0.4 is 0 Å². The minimum Gasteiger partial charge on any atom is -0.235 e. The maximum absolute atomic E-state index is 8.60. The lowest BCUT2D eigenvalue weighted by Crippen LogP contribution is -1.86. The van der Waals surface area contributed by atoms with Crippen LogP contribution in [-0.2, 0) is 0 Å². The maximum atomic E-state index is 8.60. The molecule has 1 rings (SSSR count). The van der Waals surface area contributed by atoms with Gasteiger partial charge >= 0.3 is 0 Å². The van der Waals surface area contributed by atoms with Crippen molar-refractivity contribution < 1.29 is 0 Å². The predicted octanol–water partition coefficient (Wildman–Crippen LogP) is 3.03. The minimum atomic E-state index is 0.262. The highest BCUT2D eigenvalue weighted by molar-refractivity contribution is 6.30. The molecule has 0 radical (unpaired) electrons. The van der Waals surface area contributed by atoms with Crippen molar-refractivity contribution in [2.24, 2.45) is 0 Å². The highest BCUT2D eigenvalue weighted by Crippen LogP contribution is 2.14. The third-order valence-electron chi connectivity index (χ3n) is 1.43. The normalized spacial score (nSPS) is 9.08. The van der Waals surface area contributed by atoms with E-state index in [1.54, 1.807) is 12.1 Å². The molecule has 0 fully saturated rings. The molecule has 13 heavy (non-hydrogen) atoms. The van der Waals surface area contributed by atoms with Crippen LogP contribution in [0.5, 0.6) is 0 Å². The SMILES string of the molecule is CC(C)=Cc1ccc(C#N)c(Cl)n1. The van der Waals surface area contributed by atoms with Gasteiger partial charge in [-0.05, 0) is 32.1 Å². The molecule has 0 N–H and O–H groups in total. The maximum Gasteiger partial charge on any atom is 0.147 e. The van der Waals surface area contributed by atoms with Gasteiger partial charge in [-0.15, -0.1) is 0 Å². The summed E-state index contributed by atoms with van der Waals surface area (Å²) in [6.07, 6.45) is 1.91. The number of nitriles is 1. The molecular weight excluding hydrogens is 184 g/mol. The molecule has 0 bridgehead atoms. The summed E-state index contributed by atoms with van der Waals surface area (Å²) in [5, 5.41) is 8.86. The molecule has 0 unspecified atom stereocenters. The summed E-state index contributed by atoms with van der Waals surface area (Å²) in [5.41, 5.74) is 2.34. The number of halogens is 1. The van der Waals surface area contributed by atoms with Crippen LogP contribution in [0.2, 0.25) is 5.15 Å². The average molecular weight is 193 g/mol. The van der Waals surface area contributed by atoms with Crippen molar-refractivity contribution >= 4 is 17.7 Å². The van der Waals surface area contributed by atoms with Crippen LogP contribution in [0.25, 0.3) is 6.08 Å². The van der Waals surface area contributed by atoms with Crippen LogP contribution in [0.3, 0.4) is 0 Å². The molecule has 0 aromatic carbocycles. The second kappa shape index (κ2) is 4.06. The first-order valence-electron chi connectivity index (χ1n) is 3.85. The molecule has 2 nitrogen and oxygen atoms in total. The van der Waals surface area contributed by atoms with Gasteiger partial charge in [-0.3, -0.25) is 0 Å². The molecule has 1 heterocycles. The fraction of sp³-hybridized carbons (Fsp3) is 0.200. The lowest BCUT2D eigenvalue weighted by atomic mass is 10.2. The van der Waals surface area contributed by atoms with Gasteiger partial charge in [0.1, 0.15) is 11.2 Å². The van der Waals surface area contributed by atoms with E-state index in [2.05, 4.69) is 4.98 Å². The molecule has 0 aliphatic heterocycles. The number of hydrogen-bond donors (Lipinski definition) is 0. The average Bonchev–Trinajstić information content (AvgIpc) is 2.03. The van der Waals surface area contributed by atoms with Crippen molar-refractivity contribution in [1.29, 1.82) is 5.26 Å². The van der Waals surface area contributed by atoms with E-state index in [1.807, 2.05) is 26.0 Å². The molecule has 66 valence electrons. The summed E-state index contributed by atoms with van der Waals surface area (Å²) >= 11 is 5.75. The van der Waals surface area contributed by atoms with Gasteiger partial charge in [0.15, 0.2) is 0 Å². The van der Waals surface area contributed by atoms with Gasteiger partial charge in [0, 0.05) is 0 Å². The van der Waals surface area contributed by atoms with Crippen LogP contribution >= 0.6 is 11.6 Å². The lowest BCUT2D eigenvalue weighted by molar-refractivity contribution is 1.26. The molecule has 0 amide bonds. The van der Waals surface area contributed by atoms with E-state index in [0.29, 0.717) is 5.56 Å². The Morgan fingerprint density at radius 1 is 1.54 bits per heavy atom. The molecule has 0 aliphatic carbocycles. The summed E-state index contributed by atoms with van der Waals surface area (Å²) in [4.78, 5) is 4.05. The predicted molar refractivity (Wildman–Crippen MR) is 53.3 cm³/mol. The Bertz CT molecular complexity index is 384. The molecule has 1 aromatic rings. The van der Waals surface area contributed by atoms with Gasteiger partial charge in [0.2, 0.25) is 0 Å². The highest BCUT2D eigenvalue weighted by Gasteiger charge is 2.00. The second-order valence-corrected chi connectivity index (χ2v) is 3.27. The summed E-state index contributed by atoms with van der Waals surface area (Å²) in [7, 11) is 0. The fourth-order valence-corrected chi connectivity index (χ4v) is 1.11. The minimum absolute atomic E-state index is 0.262. The van der Waals surface area contributed by atoms with E-state index in [9.17, 15) is 0 Å². The number of allylic oxidation sites excluding steroid dienone is 1. The molecule has 0 saturated carbocycles. The smallest absolute Gasteiger partial charge is 0.147 e. The number of hydrogen-bond acceptors (Lipinski definition) is 2.